The van der Waals surface area contributed by atoms with Crippen molar-refractivity contribution in [1.82, 2.24) is 31.9 Å². The van der Waals surface area contributed by atoms with Crippen LogP contribution in [0.4, 0.5) is 0 Å². The normalized spacial score (nSPS) is 22.7. The largest absolute Gasteiger partial charge is 0.279 e. The summed E-state index contributed by atoms with van der Waals surface area (Å²) < 4.78 is 2.60. The number of nitrogens with one attached hydrogen (secondary N) is 6. The van der Waals surface area contributed by atoms with Gasteiger partial charge in [-0.25, -0.2) is 0 Å². The SMILES string of the molecule is Cc1c(C2NC(c3ccccc3)NC(c3ccccc3)N2)cc(-c2cccc3sc4ccccc4c23)cc1C1NC(c2ccccc2)NC(c2ccccc2)N1. The molecule has 6 nitrogen and oxygen atoms in total. The van der Waals surface area contributed by atoms with Gasteiger partial charge in [0.2, 0.25) is 0 Å². The van der Waals surface area contributed by atoms with E-state index >= 15 is 0 Å². The fourth-order valence-electron chi connectivity index (χ4n) is 8.53. The van der Waals surface area contributed by atoms with E-state index < -0.39 is 0 Å². The lowest BCUT2D eigenvalue weighted by atomic mass is 9.89. The molecule has 7 heteroatoms. The van der Waals surface area contributed by atoms with Gasteiger partial charge in [0.25, 0.3) is 0 Å². The molecule has 2 fully saturated rings. The Morgan fingerprint density at radius 2 is 0.750 bits per heavy atom. The summed E-state index contributed by atoms with van der Waals surface area (Å²) in [5, 5.41) is 26.3. The molecule has 0 aliphatic carbocycles. The highest BCUT2D eigenvalue weighted by Crippen LogP contribution is 2.43. The first-order chi connectivity index (χ1) is 27.7. The van der Waals surface area contributed by atoms with Crippen LogP contribution in [0.3, 0.4) is 0 Å². The molecular formula is C49H44N6S. The van der Waals surface area contributed by atoms with Gasteiger partial charge in [0.1, 0.15) is 0 Å². The number of benzene rings is 7. The first-order valence-corrected chi connectivity index (χ1v) is 20.3. The summed E-state index contributed by atoms with van der Waals surface area (Å²) in [4.78, 5) is 0. The fourth-order valence-corrected chi connectivity index (χ4v) is 9.66. The van der Waals surface area contributed by atoms with Gasteiger partial charge < -0.3 is 0 Å². The number of thiophene rings is 1. The van der Waals surface area contributed by atoms with Crippen LogP contribution in [0.25, 0.3) is 31.3 Å². The van der Waals surface area contributed by atoms with Crippen molar-refractivity contribution in [2.45, 2.75) is 43.9 Å². The Hall–Kier alpha value is -5.48. The lowest BCUT2D eigenvalue weighted by Crippen LogP contribution is -2.55. The topological polar surface area (TPSA) is 72.2 Å². The Bertz CT molecular complexity index is 2380. The summed E-state index contributed by atoms with van der Waals surface area (Å²) in [6, 6.07) is 63.2. The molecule has 10 rings (SSSR count). The minimum atomic E-state index is -0.166. The van der Waals surface area contributed by atoms with Crippen LogP contribution in [-0.4, -0.2) is 0 Å². The van der Waals surface area contributed by atoms with Gasteiger partial charge in [-0.1, -0.05) is 152 Å². The molecule has 0 bridgehead atoms. The molecule has 1 aromatic heterocycles. The van der Waals surface area contributed by atoms with Gasteiger partial charge in [-0.3, -0.25) is 31.9 Å². The van der Waals surface area contributed by atoms with Gasteiger partial charge in [-0.2, -0.15) is 0 Å². The third kappa shape index (κ3) is 6.74. The van der Waals surface area contributed by atoms with Crippen LogP contribution in [0.15, 0.2) is 176 Å². The Balaban J connectivity index is 1.15. The molecule has 8 aromatic rings. The lowest BCUT2D eigenvalue weighted by molar-refractivity contribution is 0.198. The summed E-state index contributed by atoms with van der Waals surface area (Å²) >= 11 is 1.86. The summed E-state index contributed by atoms with van der Waals surface area (Å²) in [5.74, 6) is 0. The van der Waals surface area contributed by atoms with Gasteiger partial charge in [-0.15, -0.1) is 11.3 Å². The van der Waals surface area contributed by atoms with Gasteiger partial charge in [-0.05, 0) is 81.3 Å². The molecule has 276 valence electrons. The third-order valence-corrected chi connectivity index (χ3v) is 12.5. The van der Waals surface area contributed by atoms with Gasteiger partial charge in [0.05, 0.1) is 37.0 Å². The van der Waals surface area contributed by atoms with Crippen molar-refractivity contribution < 1.29 is 0 Å². The van der Waals surface area contributed by atoms with Crippen LogP contribution in [-0.2, 0) is 0 Å². The van der Waals surface area contributed by atoms with Crippen molar-refractivity contribution in [2.24, 2.45) is 0 Å². The second-order valence-electron chi connectivity index (χ2n) is 14.8. The van der Waals surface area contributed by atoms with Gasteiger partial charge in [0.15, 0.2) is 0 Å². The Morgan fingerprint density at radius 3 is 1.20 bits per heavy atom. The molecule has 0 amide bonds. The maximum Gasteiger partial charge on any atom is 0.0867 e. The average molecular weight is 749 g/mol. The second kappa shape index (κ2) is 15.2. The van der Waals surface area contributed by atoms with Crippen molar-refractivity contribution in [3.05, 3.63) is 215 Å². The molecule has 0 saturated carbocycles. The zero-order valence-corrected chi connectivity index (χ0v) is 31.9. The fraction of sp³-hybridized carbons (Fsp3) is 0.143. The molecule has 4 atom stereocenters. The van der Waals surface area contributed by atoms with Crippen LogP contribution in [0, 0.1) is 6.92 Å². The highest BCUT2D eigenvalue weighted by Gasteiger charge is 2.34. The molecular weight excluding hydrogens is 705 g/mol. The molecule has 0 radical (unpaired) electrons. The molecule has 6 N–H and O–H groups in total. The summed E-state index contributed by atoms with van der Waals surface area (Å²) in [5.41, 5.74) is 10.9. The monoisotopic (exact) mass is 748 g/mol. The van der Waals surface area contributed by atoms with Crippen LogP contribution in [0.2, 0.25) is 0 Å². The zero-order valence-electron chi connectivity index (χ0n) is 31.1. The third-order valence-electron chi connectivity index (χ3n) is 11.4. The van der Waals surface area contributed by atoms with Crippen molar-refractivity contribution >= 4 is 31.5 Å². The van der Waals surface area contributed by atoms with E-state index in [9.17, 15) is 0 Å². The molecule has 4 unspecified atom stereocenters. The van der Waals surface area contributed by atoms with E-state index in [1.54, 1.807) is 0 Å². The average Bonchev–Trinajstić information content (AvgIpc) is 3.66. The van der Waals surface area contributed by atoms with E-state index in [1.807, 2.05) is 11.3 Å². The summed E-state index contributed by atoms with van der Waals surface area (Å²) in [6.07, 6.45) is -0.653. The Labute approximate surface area is 332 Å². The van der Waals surface area contributed by atoms with Crippen LogP contribution in [0.1, 0.15) is 75.9 Å². The Morgan fingerprint density at radius 1 is 0.375 bits per heavy atom. The van der Waals surface area contributed by atoms with E-state index in [0.29, 0.717) is 0 Å². The van der Waals surface area contributed by atoms with Crippen molar-refractivity contribution in [1.29, 1.82) is 0 Å². The first kappa shape index (κ1) is 35.0. The predicted octanol–water partition coefficient (Wildman–Crippen LogP) is 10.4. The summed E-state index contributed by atoms with van der Waals surface area (Å²) in [6.45, 7) is 2.29. The highest BCUT2D eigenvalue weighted by atomic mass is 32.1. The molecule has 7 aromatic carbocycles. The molecule has 56 heavy (non-hydrogen) atoms. The number of hydrogen-bond donors (Lipinski definition) is 6. The van der Waals surface area contributed by atoms with Gasteiger partial charge in [0, 0.05) is 20.2 Å². The number of rotatable bonds is 7. The summed E-state index contributed by atoms with van der Waals surface area (Å²) in [7, 11) is 0. The van der Waals surface area contributed by atoms with E-state index in [2.05, 4.69) is 215 Å². The minimum Gasteiger partial charge on any atom is -0.279 e. The zero-order chi connectivity index (χ0) is 37.4. The maximum absolute atomic E-state index is 3.99. The molecule has 3 heterocycles. The highest BCUT2D eigenvalue weighted by molar-refractivity contribution is 7.25. The molecule has 2 saturated heterocycles. The van der Waals surface area contributed by atoms with Gasteiger partial charge >= 0.3 is 0 Å². The van der Waals surface area contributed by atoms with E-state index in [-0.39, 0.29) is 37.0 Å². The van der Waals surface area contributed by atoms with E-state index in [0.717, 1.165) is 0 Å². The quantitative estimate of drug-likeness (QED) is 0.0975. The first-order valence-electron chi connectivity index (χ1n) is 19.5. The van der Waals surface area contributed by atoms with E-state index in [1.165, 1.54) is 70.2 Å². The van der Waals surface area contributed by atoms with Crippen LogP contribution >= 0.6 is 11.3 Å². The minimum absolute atomic E-state index is 0.0801. The number of fused-ring (bicyclic) bond motifs is 3. The number of hydrogen-bond acceptors (Lipinski definition) is 7. The standard InChI is InChI=1S/C49H44N6S/c1-31-39(48-52-44(32-17-6-2-7-18-32)50-45(53-48)33-19-8-3-9-20-33)29-36(37-26-16-28-42-43(37)38-25-14-15-27-41(38)56-42)30-40(31)49-54-46(34-21-10-4-11-22-34)51-47(55-49)35-23-12-5-13-24-35/h2-30,44-55H,1H3. The molecule has 2 aliphatic rings. The smallest absolute Gasteiger partial charge is 0.0867 e. The lowest BCUT2D eigenvalue weighted by Gasteiger charge is -2.42. The van der Waals surface area contributed by atoms with Crippen LogP contribution in [0.5, 0.6) is 0 Å². The van der Waals surface area contributed by atoms with Crippen LogP contribution < -0.4 is 31.9 Å². The van der Waals surface area contributed by atoms with Crippen molar-refractivity contribution in [3.63, 3.8) is 0 Å². The van der Waals surface area contributed by atoms with Crippen molar-refractivity contribution in [2.75, 3.05) is 0 Å². The predicted molar refractivity (Wildman–Crippen MR) is 231 cm³/mol. The maximum atomic E-state index is 3.99. The van der Waals surface area contributed by atoms with Crippen molar-refractivity contribution in [3.8, 4) is 11.1 Å². The second-order valence-corrected chi connectivity index (χ2v) is 15.9. The molecule has 2 aliphatic heterocycles. The van der Waals surface area contributed by atoms with E-state index in [4.69, 9.17) is 0 Å². The molecule has 0 spiro atoms. The Kier molecular flexibility index (Phi) is 9.50.